The van der Waals surface area contributed by atoms with Gasteiger partial charge in [-0.05, 0) is 43.7 Å². The van der Waals surface area contributed by atoms with Crippen LogP contribution in [0.4, 0.5) is 5.13 Å². The van der Waals surface area contributed by atoms with Gasteiger partial charge in [0.05, 0.1) is 30.6 Å². The highest BCUT2D eigenvalue weighted by Gasteiger charge is 2.26. The van der Waals surface area contributed by atoms with Gasteiger partial charge in [-0.3, -0.25) is 19.7 Å². The van der Waals surface area contributed by atoms with Gasteiger partial charge in [0.25, 0.3) is 11.8 Å². The van der Waals surface area contributed by atoms with E-state index in [9.17, 15) is 14.4 Å². The van der Waals surface area contributed by atoms with Crippen molar-refractivity contribution >= 4 is 34.2 Å². The van der Waals surface area contributed by atoms with Crippen molar-refractivity contribution in [3.05, 3.63) is 70.6 Å². The molecule has 2 N–H and O–H groups in total. The van der Waals surface area contributed by atoms with Gasteiger partial charge in [0.2, 0.25) is 5.91 Å². The third kappa shape index (κ3) is 6.09. The van der Waals surface area contributed by atoms with Crippen molar-refractivity contribution in [1.82, 2.24) is 15.2 Å². The molecule has 0 radical (unpaired) electrons. The summed E-state index contributed by atoms with van der Waals surface area (Å²) in [5.74, 6) is -0.409. The maximum atomic E-state index is 12.8. The number of rotatable bonds is 7. The van der Waals surface area contributed by atoms with Gasteiger partial charge >= 0.3 is 0 Å². The fourth-order valence-corrected chi connectivity index (χ4v) is 4.44. The molecule has 34 heavy (non-hydrogen) atoms. The van der Waals surface area contributed by atoms with Gasteiger partial charge in [-0.15, -0.1) is 11.3 Å². The molecule has 10 heteroatoms. The number of carbonyl (C=O) groups excluding carboxylic acids is 3. The van der Waals surface area contributed by atoms with Gasteiger partial charge in [-0.25, -0.2) is 4.98 Å². The average Bonchev–Trinajstić information content (AvgIpc) is 3.49. The van der Waals surface area contributed by atoms with Crippen molar-refractivity contribution in [1.29, 1.82) is 0 Å². The fourth-order valence-electron chi connectivity index (χ4n) is 3.73. The van der Waals surface area contributed by atoms with Gasteiger partial charge in [0.15, 0.2) is 10.9 Å². The van der Waals surface area contributed by atoms with E-state index in [1.807, 2.05) is 30.9 Å². The first kappa shape index (κ1) is 23.7. The van der Waals surface area contributed by atoms with Crippen molar-refractivity contribution in [2.45, 2.75) is 39.0 Å². The number of morpholine rings is 1. The molecule has 1 fully saturated rings. The summed E-state index contributed by atoms with van der Waals surface area (Å²) in [5, 5.41) is 7.62. The van der Waals surface area contributed by atoms with E-state index in [1.165, 1.54) is 17.6 Å². The Hall–Kier alpha value is -3.50. The highest BCUT2D eigenvalue weighted by atomic mass is 32.1. The Balaban J connectivity index is 1.24. The zero-order valence-electron chi connectivity index (χ0n) is 18.9. The first-order chi connectivity index (χ1) is 16.4. The third-order valence-corrected chi connectivity index (χ3v) is 6.06. The number of nitrogens with zero attached hydrogens (tertiary/aromatic N) is 2. The predicted octanol–water partition coefficient (Wildman–Crippen LogP) is 3.10. The summed E-state index contributed by atoms with van der Waals surface area (Å²) < 4.78 is 10.7. The number of anilines is 1. The van der Waals surface area contributed by atoms with Gasteiger partial charge in [0, 0.05) is 30.6 Å². The van der Waals surface area contributed by atoms with Crippen molar-refractivity contribution in [2.24, 2.45) is 0 Å². The van der Waals surface area contributed by atoms with Gasteiger partial charge in [-0.2, -0.15) is 0 Å². The Bertz CT molecular complexity index is 1130. The largest absolute Gasteiger partial charge is 0.459 e. The minimum absolute atomic E-state index is 0.0169. The number of hydrogen-bond donors (Lipinski definition) is 2. The van der Waals surface area contributed by atoms with Crippen molar-refractivity contribution < 1.29 is 23.5 Å². The molecule has 3 amide bonds. The van der Waals surface area contributed by atoms with E-state index in [-0.39, 0.29) is 36.2 Å². The molecule has 2 aromatic heterocycles. The highest BCUT2D eigenvalue weighted by molar-refractivity contribution is 7.14. The maximum absolute atomic E-state index is 12.8. The molecule has 0 spiro atoms. The van der Waals surface area contributed by atoms with E-state index < -0.39 is 5.91 Å². The van der Waals surface area contributed by atoms with Crippen molar-refractivity contribution in [3.8, 4) is 0 Å². The monoisotopic (exact) mass is 482 g/mol. The summed E-state index contributed by atoms with van der Waals surface area (Å²) in [6, 6.07) is 10.4. The number of carbonyl (C=O) groups is 3. The quantitative estimate of drug-likeness (QED) is 0.535. The zero-order chi connectivity index (χ0) is 24.1. The first-order valence-corrected chi connectivity index (χ1v) is 11.8. The Morgan fingerprint density at radius 2 is 1.85 bits per heavy atom. The average molecular weight is 483 g/mol. The summed E-state index contributed by atoms with van der Waals surface area (Å²) in [7, 11) is 0. The summed E-state index contributed by atoms with van der Waals surface area (Å²) in [4.78, 5) is 43.2. The standard InChI is InChI=1S/C24H26N4O5S/c1-15-12-28(13-16(2)33-15)23(31)18-7-5-17(6-8-18)11-25-21(29)10-19-14-34-24(26-19)27-22(30)20-4-3-9-32-20/h3-9,14-16H,10-13H2,1-2H3,(H,25,29)(H,26,27,30). The number of furan rings is 1. The van der Waals surface area contributed by atoms with Gasteiger partial charge in [0.1, 0.15) is 0 Å². The molecule has 9 nitrogen and oxygen atoms in total. The predicted molar refractivity (Wildman–Crippen MR) is 127 cm³/mol. The number of benzene rings is 1. The minimum atomic E-state index is -0.394. The lowest BCUT2D eigenvalue weighted by molar-refractivity contribution is -0.120. The summed E-state index contributed by atoms with van der Waals surface area (Å²) in [5.41, 5.74) is 2.06. The molecule has 1 aliphatic heterocycles. The second-order valence-corrected chi connectivity index (χ2v) is 9.05. The first-order valence-electron chi connectivity index (χ1n) is 11.0. The van der Waals surface area contributed by atoms with E-state index in [0.29, 0.717) is 36.0 Å². The molecule has 0 saturated carbocycles. The lowest BCUT2D eigenvalue weighted by Crippen LogP contribution is -2.48. The van der Waals surface area contributed by atoms with Crippen LogP contribution < -0.4 is 10.6 Å². The number of aromatic nitrogens is 1. The van der Waals surface area contributed by atoms with Crippen LogP contribution >= 0.6 is 11.3 Å². The van der Waals surface area contributed by atoms with Crippen LogP contribution in [0.1, 0.15) is 46.0 Å². The number of nitrogens with one attached hydrogen (secondary N) is 2. The van der Waals surface area contributed by atoms with E-state index in [0.717, 1.165) is 5.56 Å². The molecule has 4 rings (SSSR count). The van der Waals surface area contributed by atoms with Crippen LogP contribution in [-0.4, -0.2) is 52.9 Å². The molecule has 0 bridgehead atoms. The molecular formula is C24H26N4O5S. The molecule has 1 aromatic carbocycles. The number of hydrogen-bond acceptors (Lipinski definition) is 7. The normalized spacial score (nSPS) is 17.9. The molecule has 2 atom stereocenters. The molecular weight excluding hydrogens is 456 g/mol. The van der Waals surface area contributed by atoms with E-state index in [1.54, 1.807) is 29.6 Å². The van der Waals surface area contributed by atoms with E-state index in [2.05, 4.69) is 15.6 Å². The zero-order valence-corrected chi connectivity index (χ0v) is 19.8. The number of amides is 3. The topological polar surface area (TPSA) is 114 Å². The van der Waals surface area contributed by atoms with Crippen LogP contribution in [0, 0.1) is 0 Å². The minimum Gasteiger partial charge on any atom is -0.459 e. The van der Waals surface area contributed by atoms with Crippen LogP contribution in [0.15, 0.2) is 52.5 Å². The summed E-state index contributed by atoms with van der Waals surface area (Å²) in [6.45, 7) is 5.42. The van der Waals surface area contributed by atoms with Crippen LogP contribution in [0.3, 0.4) is 0 Å². The molecule has 1 aliphatic rings. The maximum Gasteiger partial charge on any atom is 0.293 e. The Morgan fingerprint density at radius 1 is 1.12 bits per heavy atom. The lowest BCUT2D eigenvalue weighted by atomic mass is 10.1. The Labute approximate surface area is 201 Å². The van der Waals surface area contributed by atoms with Crippen LogP contribution in [0.5, 0.6) is 0 Å². The summed E-state index contributed by atoms with van der Waals surface area (Å²) in [6.07, 6.45) is 1.55. The number of ether oxygens (including phenoxy) is 1. The van der Waals surface area contributed by atoms with Crippen LogP contribution in [0.25, 0.3) is 0 Å². The molecule has 3 heterocycles. The van der Waals surface area contributed by atoms with Crippen molar-refractivity contribution in [3.63, 3.8) is 0 Å². The Morgan fingerprint density at radius 3 is 2.53 bits per heavy atom. The molecule has 1 saturated heterocycles. The van der Waals surface area contributed by atoms with Crippen LogP contribution in [0.2, 0.25) is 0 Å². The van der Waals surface area contributed by atoms with Gasteiger partial charge in [-0.1, -0.05) is 12.1 Å². The molecule has 178 valence electrons. The highest BCUT2D eigenvalue weighted by Crippen LogP contribution is 2.18. The van der Waals surface area contributed by atoms with E-state index in [4.69, 9.17) is 9.15 Å². The smallest absolute Gasteiger partial charge is 0.293 e. The third-order valence-electron chi connectivity index (χ3n) is 5.26. The number of thiazole rings is 1. The molecule has 3 aromatic rings. The second kappa shape index (κ2) is 10.6. The second-order valence-electron chi connectivity index (χ2n) is 8.19. The molecule has 0 aliphatic carbocycles. The van der Waals surface area contributed by atoms with Crippen molar-refractivity contribution in [2.75, 3.05) is 18.4 Å². The SMILES string of the molecule is CC1CN(C(=O)c2ccc(CNC(=O)Cc3csc(NC(=O)c4ccco4)n3)cc2)CC(C)O1. The lowest BCUT2D eigenvalue weighted by Gasteiger charge is -2.35. The summed E-state index contributed by atoms with van der Waals surface area (Å²) >= 11 is 1.24. The Kier molecular flexibility index (Phi) is 7.39. The van der Waals surface area contributed by atoms with E-state index >= 15 is 0 Å². The fraction of sp³-hybridized carbons (Fsp3) is 0.333. The molecule has 2 unspecified atom stereocenters. The van der Waals surface area contributed by atoms with Crippen LogP contribution in [-0.2, 0) is 22.5 Å². The van der Waals surface area contributed by atoms with Gasteiger partial charge < -0.3 is 19.4 Å².